The minimum absolute atomic E-state index is 0. The first-order valence-corrected chi connectivity index (χ1v) is 7.83. The molecule has 2 heterocycles. The number of likely N-dealkylation sites (tertiary alicyclic amines) is 1. The van der Waals surface area contributed by atoms with Crippen LogP contribution in [-0.4, -0.2) is 48.2 Å². The van der Waals surface area contributed by atoms with Gasteiger partial charge in [-0.15, -0.1) is 24.0 Å². The number of guanidine groups is 1. The first-order chi connectivity index (χ1) is 10.7. The normalized spacial score (nSPS) is 15.9. The Kier molecular flexibility index (Phi) is 8.97. The second kappa shape index (κ2) is 10.5. The van der Waals surface area contributed by atoms with Crippen LogP contribution in [0.25, 0.3) is 0 Å². The van der Waals surface area contributed by atoms with Crippen LogP contribution in [0.3, 0.4) is 0 Å². The summed E-state index contributed by atoms with van der Waals surface area (Å²) in [5.41, 5.74) is 0.803. The van der Waals surface area contributed by atoms with Crippen molar-refractivity contribution < 1.29 is 14.1 Å². The molecule has 1 N–H and O–H groups in total. The second-order valence-corrected chi connectivity index (χ2v) is 5.17. The van der Waals surface area contributed by atoms with E-state index in [2.05, 4.69) is 20.4 Å². The van der Waals surface area contributed by atoms with Gasteiger partial charge in [0.1, 0.15) is 12.0 Å². The fourth-order valence-electron chi connectivity index (χ4n) is 2.49. The highest BCUT2D eigenvalue weighted by Crippen LogP contribution is 2.18. The maximum absolute atomic E-state index is 11.8. The molecule has 1 fully saturated rings. The van der Waals surface area contributed by atoms with Gasteiger partial charge in [0.25, 0.3) is 0 Å². The quantitative estimate of drug-likeness (QED) is 0.330. The van der Waals surface area contributed by atoms with E-state index in [1.165, 1.54) is 0 Å². The van der Waals surface area contributed by atoms with Gasteiger partial charge in [-0.05, 0) is 26.7 Å². The summed E-state index contributed by atoms with van der Waals surface area (Å²) in [4.78, 5) is 18.5. The van der Waals surface area contributed by atoms with Crippen molar-refractivity contribution in [2.45, 2.75) is 33.2 Å². The Hall–Kier alpha value is -1.32. The van der Waals surface area contributed by atoms with Crippen LogP contribution in [0.4, 0.5) is 0 Å². The number of halogens is 1. The first-order valence-electron chi connectivity index (χ1n) is 7.83. The molecule has 0 aliphatic carbocycles. The molecule has 1 aromatic rings. The molecular formula is C15H25IN4O3. The Morgan fingerprint density at radius 1 is 1.48 bits per heavy atom. The van der Waals surface area contributed by atoms with E-state index in [0.29, 0.717) is 13.2 Å². The maximum Gasteiger partial charge on any atom is 0.309 e. The molecule has 0 aromatic carbocycles. The van der Waals surface area contributed by atoms with Gasteiger partial charge in [-0.2, -0.15) is 0 Å². The topological polar surface area (TPSA) is 80.0 Å². The molecule has 1 saturated heterocycles. The number of esters is 1. The number of rotatable bonds is 5. The van der Waals surface area contributed by atoms with Crippen molar-refractivity contribution in [3.63, 3.8) is 0 Å². The van der Waals surface area contributed by atoms with E-state index in [4.69, 9.17) is 9.26 Å². The summed E-state index contributed by atoms with van der Waals surface area (Å²) in [5, 5.41) is 7.14. The third-order valence-electron chi connectivity index (χ3n) is 3.63. The summed E-state index contributed by atoms with van der Waals surface area (Å²) in [6.07, 6.45) is 3.14. The Morgan fingerprint density at radius 3 is 2.78 bits per heavy atom. The van der Waals surface area contributed by atoms with Crippen molar-refractivity contribution in [2.24, 2.45) is 10.9 Å². The molecule has 0 bridgehead atoms. The molecule has 23 heavy (non-hydrogen) atoms. The standard InChI is InChI=1S/C15H24N4O3.HI/c1-3-16-15(17-11-13-7-10-22-18-13)19-8-5-12(6-9-19)14(20)21-4-2;/h7,10,12H,3-6,8-9,11H2,1-2H3,(H,16,17);1H. The summed E-state index contributed by atoms with van der Waals surface area (Å²) in [5.74, 6) is 0.786. The SMILES string of the molecule is CCNC(=NCc1ccon1)N1CCC(C(=O)OCC)CC1.I. The van der Waals surface area contributed by atoms with Gasteiger partial charge in [-0.1, -0.05) is 5.16 Å². The fourth-order valence-corrected chi connectivity index (χ4v) is 2.49. The number of carbonyl (C=O) groups excluding carboxylic acids is 1. The molecule has 0 unspecified atom stereocenters. The summed E-state index contributed by atoms with van der Waals surface area (Å²) in [6.45, 7) is 7.21. The molecule has 1 aliphatic heterocycles. The lowest BCUT2D eigenvalue weighted by atomic mass is 9.97. The van der Waals surface area contributed by atoms with Crippen LogP contribution in [0.15, 0.2) is 21.8 Å². The number of aromatic nitrogens is 1. The first kappa shape index (κ1) is 19.7. The zero-order chi connectivity index (χ0) is 15.8. The zero-order valence-electron chi connectivity index (χ0n) is 13.7. The lowest BCUT2D eigenvalue weighted by Gasteiger charge is -2.33. The van der Waals surface area contributed by atoms with E-state index in [0.717, 1.165) is 44.1 Å². The number of aliphatic imine (C=N–C) groups is 1. The predicted octanol–water partition coefficient (Wildman–Crippen LogP) is 2.03. The lowest BCUT2D eigenvalue weighted by Crippen LogP contribution is -2.46. The number of piperidine rings is 1. The van der Waals surface area contributed by atoms with Gasteiger partial charge in [-0.25, -0.2) is 4.99 Å². The molecule has 8 heteroatoms. The highest BCUT2D eigenvalue weighted by molar-refractivity contribution is 14.0. The summed E-state index contributed by atoms with van der Waals surface area (Å²) >= 11 is 0. The number of nitrogens with zero attached hydrogens (tertiary/aromatic N) is 3. The van der Waals surface area contributed by atoms with Crippen molar-refractivity contribution in [3.05, 3.63) is 18.0 Å². The Balaban J connectivity index is 0.00000264. The van der Waals surface area contributed by atoms with Crippen molar-refractivity contribution in [1.82, 2.24) is 15.4 Å². The fraction of sp³-hybridized carbons (Fsp3) is 0.667. The molecule has 130 valence electrons. The minimum atomic E-state index is -0.0771. The summed E-state index contributed by atoms with van der Waals surface area (Å²) in [6, 6.07) is 1.81. The van der Waals surface area contributed by atoms with E-state index in [1.807, 2.05) is 13.8 Å². The highest BCUT2D eigenvalue weighted by atomic mass is 127. The van der Waals surface area contributed by atoms with E-state index in [1.54, 1.807) is 12.3 Å². The van der Waals surface area contributed by atoms with Crippen molar-refractivity contribution in [1.29, 1.82) is 0 Å². The number of carbonyl (C=O) groups is 1. The molecule has 7 nitrogen and oxygen atoms in total. The van der Waals surface area contributed by atoms with Crippen LogP contribution in [-0.2, 0) is 16.1 Å². The maximum atomic E-state index is 11.8. The van der Waals surface area contributed by atoms with Gasteiger partial charge in [0.05, 0.1) is 19.1 Å². The zero-order valence-corrected chi connectivity index (χ0v) is 16.0. The summed E-state index contributed by atoms with van der Waals surface area (Å²) in [7, 11) is 0. The Labute approximate surface area is 153 Å². The second-order valence-electron chi connectivity index (χ2n) is 5.17. The number of hydrogen-bond donors (Lipinski definition) is 1. The van der Waals surface area contributed by atoms with Gasteiger partial charge in [-0.3, -0.25) is 4.79 Å². The van der Waals surface area contributed by atoms with Crippen LogP contribution in [0.5, 0.6) is 0 Å². The van der Waals surface area contributed by atoms with E-state index in [-0.39, 0.29) is 35.9 Å². The van der Waals surface area contributed by atoms with Crippen LogP contribution in [0.2, 0.25) is 0 Å². The van der Waals surface area contributed by atoms with Crippen LogP contribution in [0.1, 0.15) is 32.4 Å². The molecule has 0 atom stereocenters. The summed E-state index contributed by atoms with van der Waals surface area (Å²) < 4.78 is 9.91. The van der Waals surface area contributed by atoms with E-state index < -0.39 is 0 Å². The highest BCUT2D eigenvalue weighted by Gasteiger charge is 2.27. The number of hydrogen-bond acceptors (Lipinski definition) is 5. The average Bonchev–Trinajstić information content (AvgIpc) is 3.05. The third kappa shape index (κ3) is 6.00. The number of nitrogens with one attached hydrogen (secondary N) is 1. The average molecular weight is 436 g/mol. The molecule has 0 radical (unpaired) electrons. The molecule has 0 amide bonds. The smallest absolute Gasteiger partial charge is 0.309 e. The molecular weight excluding hydrogens is 411 g/mol. The van der Waals surface area contributed by atoms with Gasteiger partial charge in [0, 0.05) is 25.7 Å². The van der Waals surface area contributed by atoms with Crippen LogP contribution >= 0.6 is 24.0 Å². The van der Waals surface area contributed by atoms with Gasteiger partial charge in [0.15, 0.2) is 5.96 Å². The lowest BCUT2D eigenvalue weighted by molar-refractivity contribution is -0.149. The molecule has 1 aliphatic rings. The monoisotopic (exact) mass is 436 g/mol. The van der Waals surface area contributed by atoms with Crippen LogP contribution < -0.4 is 5.32 Å². The van der Waals surface area contributed by atoms with Gasteiger partial charge < -0.3 is 19.5 Å². The van der Waals surface area contributed by atoms with Crippen molar-refractivity contribution in [2.75, 3.05) is 26.2 Å². The third-order valence-corrected chi connectivity index (χ3v) is 3.63. The van der Waals surface area contributed by atoms with Gasteiger partial charge >= 0.3 is 5.97 Å². The largest absolute Gasteiger partial charge is 0.466 e. The molecule has 0 saturated carbocycles. The molecule has 1 aromatic heterocycles. The van der Waals surface area contributed by atoms with Gasteiger partial charge in [0.2, 0.25) is 0 Å². The van der Waals surface area contributed by atoms with Crippen molar-refractivity contribution in [3.8, 4) is 0 Å². The number of ether oxygens (including phenoxy) is 1. The Morgan fingerprint density at radius 2 is 2.22 bits per heavy atom. The Bertz CT molecular complexity index is 485. The molecule has 0 spiro atoms. The van der Waals surface area contributed by atoms with Crippen LogP contribution in [0, 0.1) is 5.92 Å². The predicted molar refractivity (Wildman–Crippen MR) is 97.7 cm³/mol. The van der Waals surface area contributed by atoms with E-state index >= 15 is 0 Å². The minimum Gasteiger partial charge on any atom is -0.466 e. The van der Waals surface area contributed by atoms with E-state index in [9.17, 15) is 4.79 Å². The molecule has 2 rings (SSSR count). The van der Waals surface area contributed by atoms with Crippen molar-refractivity contribution >= 4 is 35.9 Å².